The Labute approximate surface area is 203 Å². The first-order valence-corrected chi connectivity index (χ1v) is 11.7. The Morgan fingerprint density at radius 2 is 1.97 bits per heavy atom. The quantitative estimate of drug-likeness (QED) is 0.662. The van der Waals surface area contributed by atoms with Gasteiger partial charge < -0.3 is 10.2 Å². The van der Waals surface area contributed by atoms with Gasteiger partial charge in [0.1, 0.15) is 0 Å². The monoisotopic (exact) mass is 478 g/mol. The van der Waals surface area contributed by atoms with Crippen LogP contribution in [0.5, 0.6) is 0 Å². The van der Waals surface area contributed by atoms with Gasteiger partial charge in [-0.2, -0.15) is 5.26 Å². The minimum Gasteiger partial charge on any atom is -0.337 e. The third kappa shape index (κ3) is 5.41. The Morgan fingerprint density at radius 1 is 1.23 bits per heavy atom. The van der Waals surface area contributed by atoms with Crippen LogP contribution in [0, 0.1) is 17.2 Å². The van der Waals surface area contributed by atoms with Gasteiger partial charge in [-0.1, -0.05) is 30.9 Å². The molecular formula is C27H28F2N4O2. The van der Waals surface area contributed by atoms with Gasteiger partial charge in [-0.15, -0.1) is 0 Å². The van der Waals surface area contributed by atoms with Crippen LogP contribution < -0.4 is 5.32 Å². The summed E-state index contributed by atoms with van der Waals surface area (Å²) in [6, 6.07) is 14.1. The molecule has 6 nitrogen and oxygen atoms in total. The zero-order chi connectivity index (χ0) is 25.2. The van der Waals surface area contributed by atoms with E-state index in [1.54, 1.807) is 41.3 Å². The van der Waals surface area contributed by atoms with Crippen LogP contribution in [0.25, 0.3) is 6.08 Å². The van der Waals surface area contributed by atoms with Crippen molar-refractivity contribution in [2.24, 2.45) is 5.92 Å². The lowest BCUT2D eigenvalue weighted by molar-refractivity contribution is -0.163. The molecule has 2 amide bonds. The molecule has 1 saturated carbocycles. The lowest BCUT2D eigenvalue weighted by Crippen LogP contribution is -2.57. The molecule has 1 atom stereocenters. The molecule has 0 spiro atoms. The number of nitriles is 1. The Morgan fingerprint density at radius 3 is 2.63 bits per heavy atom. The second kappa shape index (κ2) is 9.96. The van der Waals surface area contributed by atoms with E-state index in [0.29, 0.717) is 43.0 Å². The van der Waals surface area contributed by atoms with E-state index in [2.05, 4.69) is 16.8 Å². The zero-order valence-electron chi connectivity index (χ0n) is 19.6. The number of hydrogen-bond acceptors (Lipinski definition) is 4. The summed E-state index contributed by atoms with van der Waals surface area (Å²) in [5, 5.41) is 12.0. The largest absolute Gasteiger partial charge is 0.337 e. The van der Waals surface area contributed by atoms with E-state index >= 15 is 0 Å². The lowest BCUT2D eigenvalue weighted by atomic mass is 9.80. The predicted molar refractivity (Wildman–Crippen MR) is 130 cm³/mol. The molecule has 2 aliphatic rings. The van der Waals surface area contributed by atoms with Gasteiger partial charge in [0.05, 0.1) is 11.6 Å². The van der Waals surface area contributed by atoms with Crippen LogP contribution in [0.1, 0.15) is 46.8 Å². The minimum atomic E-state index is -2.70. The fourth-order valence-corrected chi connectivity index (χ4v) is 4.84. The Kier molecular flexibility index (Phi) is 6.99. The van der Waals surface area contributed by atoms with Crippen LogP contribution in [0.3, 0.4) is 0 Å². The maximum atomic E-state index is 13.2. The number of nitrogens with one attached hydrogen (secondary N) is 1. The number of alkyl halides is 2. The molecule has 35 heavy (non-hydrogen) atoms. The first-order valence-electron chi connectivity index (χ1n) is 11.7. The molecule has 0 unspecified atom stereocenters. The third-order valence-electron chi connectivity index (χ3n) is 6.73. The van der Waals surface area contributed by atoms with Gasteiger partial charge in [0.25, 0.3) is 5.91 Å². The van der Waals surface area contributed by atoms with Gasteiger partial charge in [0.15, 0.2) is 0 Å². The molecule has 1 saturated heterocycles. The van der Waals surface area contributed by atoms with E-state index < -0.39 is 11.8 Å². The van der Waals surface area contributed by atoms with Crippen molar-refractivity contribution < 1.29 is 18.4 Å². The number of carbonyl (C=O) groups excluding carboxylic acids is 2. The van der Waals surface area contributed by atoms with Crippen molar-refractivity contribution in [1.29, 1.82) is 5.26 Å². The summed E-state index contributed by atoms with van der Waals surface area (Å²) >= 11 is 0. The number of nitrogens with zero attached hydrogens (tertiary/aromatic N) is 3. The number of rotatable bonds is 6. The van der Waals surface area contributed by atoms with E-state index in [1.165, 1.54) is 0 Å². The molecule has 0 aromatic heterocycles. The van der Waals surface area contributed by atoms with Crippen LogP contribution >= 0.6 is 0 Å². The predicted octanol–water partition coefficient (Wildman–Crippen LogP) is 4.53. The van der Waals surface area contributed by atoms with E-state index in [4.69, 9.17) is 5.26 Å². The molecule has 2 fully saturated rings. The fraction of sp³-hybridized carbons (Fsp3) is 0.370. The van der Waals surface area contributed by atoms with Crippen LogP contribution in [0.2, 0.25) is 0 Å². The summed E-state index contributed by atoms with van der Waals surface area (Å²) in [7, 11) is 0. The normalized spacial score (nSPS) is 19.9. The second-order valence-corrected chi connectivity index (χ2v) is 9.31. The Balaban J connectivity index is 1.41. The van der Waals surface area contributed by atoms with Gasteiger partial charge in [-0.05, 0) is 36.8 Å². The third-order valence-corrected chi connectivity index (χ3v) is 6.73. The summed E-state index contributed by atoms with van der Waals surface area (Å²) in [6.45, 7) is 8.23. The molecule has 0 bridgehead atoms. The molecule has 4 rings (SSSR count). The van der Waals surface area contributed by atoms with Gasteiger partial charge in [-0.25, -0.2) is 8.78 Å². The van der Waals surface area contributed by atoms with Crippen LogP contribution in [-0.2, 0) is 11.3 Å². The van der Waals surface area contributed by atoms with Crippen LogP contribution in [0.15, 0.2) is 49.0 Å². The molecule has 8 heteroatoms. The van der Waals surface area contributed by atoms with Gasteiger partial charge in [0, 0.05) is 67.8 Å². The lowest BCUT2D eigenvalue weighted by Gasteiger charge is -2.44. The van der Waals surface area contributed by atoms with Crippen molar-refractivity contribution in [2.45, 2.75) is 38.3 Å². The number of carbonyl (C=O) groups is 2. The molecule has 0 radical (unpaired) electrons. The summed E-state index contributed by atoms with van der Waals surface area (Å²) in [5.41, 5.74) is 3.21. The SMILES string of the molecule is C=Cc1c(CN2CCN(C(=O)C3CC(F)(F)C3)[C@@H](C)C2)cccc1NC(=O)c1cccc(C#N)c1. The number of hydrogen-bond donors (Lipinski definition) is 1. The average Bonchev–Trinajstić information content (AvgIpc) is 2.82. The number of halogens is 2. The van der Waals surface area contributed by atoms with Crippen molar-refractivity contribution in [3.05, 3.63) is 71.3 Å². The molecule has 1 N–H and O–H groups in total. The highest BCUT2D eigenvalue weighted by molar-refractivity contribution is 6.05. The standard InChI is InChI=1S/C27H28F2N4O2/c1-3-23-21(8-5-9-24(23)31-25(34)20-7-4-6-19(12-20)15-30)17-32-10-11-33(18(2)16-32)26(35)22-13-27(28,29)14-22/h3-9,12,18,22H,1,10-11,13-14,16-17H2,2H3,(H,31,34)/t18-/m0/s1. The summed E-state index contributed by atoms with van der Waals surface area (Å²) in [6.07, 6.45) is 1.01. The molecule has 182 valence electrons. The first kappa shape index (κ1) is 24.6. The van der Waals surface area contributed by atoms with Crippen LogP contribution in [-0.4, -0.2) is 53.2 Å². The first-order chi connectivity index (χ1) is 16.7. The molecule has 2 aromatic carbocycles. The minimum absolute atomic E-state index is 0.0760. The molecular weight excluding hydrogens is 450 g/mol. The molecule has 1 aliphatic carbocycles. The van der Waals surface area contributed by atoms with E-state index in [1.807, 2.05) is 25.1 Å². The van der Waals surface area contributed by atoms with Crippen molar-refractivity contribution in [3.63, 3.8) is 0 Å². The highest BCUT2D eigenvalue weighted by Crippen LogP contribution is 2.43. The maximum Gasteiger partial charge on any atom is 0.255 e. The summed E-state index contributed by atoms with van der Waals surface area (Å²) in [5.74, 6) is -3.75. The zero-order valence-corrected chi connectivity index (χ0v) is 19.6. The number of amides is 2. The Hall–Kier alpha value is -3.57. The van der Waals surface area contributed by atoms with Crippen molar-refractivity contribution in [2.75, 3.05) is 25.0 Å². The highest BCUT2D eigenvalue weighted by atomic mass is 19.3. The maximum absolute atomic E-state index is 13.2. The van der Waals surface area contributed by atoms with Crippen molar-refractivity contribution in [1.82, 2.24) is 9.80 Å². The van der Waals surface area contributed by atoms with E-state index in [9.17, 15) is 18.4 Å². The second-order valence-electron chi connectivity index (χ2n) is 9.31. The van der Waals surface area contributed by atoms with Crippen LogP contribution in [0.4, 0.5) is 14.5 Å². The van der Waals surface area contributed by atoms with Gasteiger partial charge >= 0.3 is 0 Å². The smallest absolute Gasteiger partial charge is 0.255 e. The van der Waals surface area contributed by atoms with Gasteiger partial charge in [0.2, 0.25) is 11.8 Å². The van der Waals surface area contributed by atoms with Crippen molar-refractivity contribution in [3.8, 4) is 6.07 Å². The average molecular weight is 479 g/mol. The van der Waals surface area contributed by atoms with Gasteiger partial charge in [-0.3, -0.25) is 14.5 Å². The summed E-state index contributed by atoms with van der Waals surface area (Å²) in [4.78, 5) is 29.4. The number of anilines is 1. The number of benzene rings is 2. The summed E-state index contributed by atoms with van der Waals surface area (Å²) < 4.78 is 26.4. The fourth-order valence-electron chi connectivity index (χ4n) is 4.84. The number of piperazine rings is 1. The molecule has 1 aliphatic heterocycles. The highest BCUT2D eigenvalue weighted by Gasteiger charge is 2.50. The molecule has 1 heterocycles. The van der Waals surface area contributed by atoms with E-state index in [-0.39, 0.29) is 30.7 Å². The molecule has 2 aromatic rings. The topological polar surface area (TPSA) is 76.4 Å². The Bertz CT molecular complexity index is 1180. The van der Waals surface area contributed by atoms with E-state index in [0.717, 1.165) is 11.1 Å². The van der Waals surface area contributed by atoms with Crippen molar-refractivity contribution >= 4 is 23.6 Å².